The van der Waals surface area contributed by atoms with Crippen molar-refractivity contribution in [3.8, 4) is 0 Å². The molecule has 1 aliphatic heterocycles. The summed E-state index contributed by atoms with van der Waals surface area (Å²) in [5, 5.41) is 0. The van der Waals surface area contributed by atoms with Crippen LogP contribution in [0.2, 0.25) is 0 Å². The second kappa shape index (κ2) is 5.51. The predicted molar refractivity (Wildman–Crippen MR) is 88.5 cm³/mol. The van der Waals surface area contributed by atoms with Crippen LogP contribution in [0.1, 0.15) is 61.8 Å². The van der Waals surface area contributed by atoms with Gasteiger partial charge in [-0.05, 0) is 35.1 Å². The van der Waals surface area contributed by atoms with Gasteiger partial charge < -0.3 is 4.55 Å². The molecular formula is C19H22OS. The Morgan fingerprint density at radius 3 is 2.29 bits per heavy atom. The minimum atomic E-state index is -1.04. The smallest absolute Gasteiger partial charge is 0.162 e. The van der Waals surface area contributed by atoms with Gasteiger partial charge in [-0.25, -0.2) is 0 Å². The van der Waals surface area contributed by atoms with Crippen molar-refractivity contribution >= 4 is 11.2 Å². The van der Waals surface area contributed by atoms with Crippen LogP contribution in [0.15, 0.2) is 46.2 Å². The van der Waals surface area contributed by atoms with Crippen LogP contribution in [-0.2, 0) is 17.6 Å². The molecule has 0 radical (unpaired) electrons. The first-order valence-corrected chi connectivity index (χ1v) is 8.81. The van der Waals surface area contributed by atoms with Crippen LogP contribution in [0.4, 0.5) is 0 Å². The van der Waals surface area contributed by atoms with E-state index in [-0.39, 0.29) is 0 Å². The highest BCUT2D eigenvalue weighted by Crippen LogP contribution is 2.40. The summed E-state index contributed by atoms with van der Waals surface area (Å²) >= 11 is -1.04. The molecule has 1 unspecified atom stereocenters. The summed E-state index contributed by atoms with van der Waals surface area (Å²) in [5.41, 5.74) is 5.32. The number of benzene rings is 2. The zero-order chi connectivity index (χ0) is 15.1. The first-order valence-electron chi connectivity index (χ1n) is 7.66. The van der Waals surface area contributed by atoms with Gasteiger partial charge in [0.25, 0.3) is 0 Å². The van der Waals surface area contributed by atoms with Gasteiger partial charge in [0.05, 0.1) is 0 Å². The maximum atomic E-state index is 12.9. The van der Waals surface area contributed by atoms with Crippen molar-refractivity contribution in [2.45, 2.75) is 55.7 Å². The Morgan fingerprint density at radius 1 is 0.905 bits per heavy atom. The molecular weight excluding hydrogens is 276 g/mol. The van der Waals surface area contributed by atoms with Gasteiger partial charge in [-0.15, -0.1) is 0 Å². The van der Waals surface area contributed by atoms with Crippen LogP contribution in [0.5, 0.6) is 0 Å². The summed E-state index contributed by atoms with van der Waals surface area (Å²) in [6, 6.07) is 12.4. The molecule has 110 valence electrons. The molecule has 0 aliphatic carbocycles. The molecule has 0 fully saturated rings. The number of hydrogen-bond acceptors (Lipinski definition) is 1. The summed E-state index contributed by atoms with van der Waals surface area (Å²) < 4.78 is 12.9. The molecule has 2 heteroatoms. The summed E-state index contributed by atoms with van der Waals surface area (Å²) in [6.07, 6.45) is 0.908. The minimum Gasteiger partial charge on any atom is -0.606 e. The lowest BCUT2D eigenvalue weighted by atomic mass is 9.84. The Balaban J connectivity index is 2.23. The van der Waals surface area contributed by atoms with Gasteiger partial charge in [-0.2, -0.15) is 0 Å². The molecule has 0 saturated heterocycles. The Morgan fingerprint density at radius 2 is 1.62 bits per heavy atom. The fourth-order valence-electron chi connectivity index (χ4n) is 3.34. The Labute approximate surface area is 130 Å². The lowest BCUT2D eigenvalue weighted by Crippen LogP contribution is -2.18. The van der Waals surface area contributed by atoms with E-state index in [0.717, 1.165) is 16.2 Å². The largest absolute Gasteiger partial charge is 0.606 e. The van der Waals surface area contributed by atoms with Crippen molar-refractivity contribution in [1.82, 2.24) is 0 Å². The van der Waals surface area contributed by atoms with E-state index in [1.54, 1.807) is 0 Å². The van der Waals surface area contributed by atoms with Gasteiger partial charge in [0.2, 0.25) is 0 Å². The van der Waals surface area contributed by atoms with Crippen LogP contribution >= 0.6 is 0 Å². The molecule has 21 heavy (non-hydrogen) atoms. The second-order valence-corrected chi connectivity index (χ2v) is 7.82. The van der Waals surface area contributed by atoms with Crippen molar-refractivity contribution in [3.63, 3.8) is 0 Å². The lowest BCUT2D eigenvalue weighted by Gasteiger charge is -2.27. The number of rotatable bonds is 2. The molecule has 2 aromatic rings. The highest BCUT2D eigenvalue weighted by molar-refractivity contribution is 7.91. The van der Waals surface area contributed by atoms with Crippen molar-refractivity contribution in [2.24, 2.45) is 0 Å². The molecule has 3 rings (SSSR count). The number of fused-ring (bicyclic) bond motifs is 2. The molecule has 1 atom stereocenters. The fraction of sp³-hybridized carbons (Fsp3) is 0.368. The molecule has 1 aliphatic rings. The van der Waals surface area contributed by atoms with E-state index in [2.05, 4.69) is 45.9 Å². The standard InChI is InChI=1S/C19H22OS/c1-12(2)15-9-10-18-16(19(15)13(3)4)11-14-7-5-6-8-17(14)21(18)20/h5-10,12-13H,11H2,1-4H3. The maximum Gasteiger partial charge on any atom is 0.162 e. The Bertz CT molecular complexity index is 673. The van der Waals surface area contributed by atoms with Crippen LogP contribution < -0.4 is 0 Å². The van der Waals surface area contributed by atoms with E-state index in [4.69, 9.17) is 0 Å². The maximum absolute atomic E-state index is 12.9. The van der Waals surface area contributed by atoms with Crippen molar-refractivity contribution in [2.75, 3.05) is 0 Å². The van der Waals surface area contributed by atoms with Gasteiger partial charge >= 0.3 is 0 Å². The van der Waals surface area contributed by atoms with Gasteiger partial charge in [0.1, 0.15) is 0 Å². The van der Waals surface area contributed by atoms with Gasteiger partial charge in [0.15, 0.2) is 9.79 Å². The minimum absolute atomic E-state index is 0.458. The van der Waals surface area contributed by atoms with Gasteiger partial charge in [-0.1, -0.05) is 52.0 Å². The average molecular weight is 298 g/mol. The molecule has 0 saturated carbocycles. The van der Waals surface area contributed by atoms with E-state index in [1.165, 1.54) is 22.3 Å². The molecule has 2 aromatic carbocycles. The first-order chi connectivity index (χ1) is 10.0. The quantitative estimate of drug-likeness (QED) is 0.715. The van der Waals surface area contributed by atoms with E-state index < -0.39 is 11.2 Å². The summed E-state index contributed by atoms with van der Waals surface area (Å²) in [7, 11) is 0. The zero-order valence-corrected chi connectivity index (χ0v) is 14.0. The van der Waals surface area contributed by atoms with Crippen molar-refractivity contribution in [3.05, 3.63) is 58.7 Å². The van der Waals surface area contributed by atoms with Crippen molar-refractivity contribution in [1.29, 1.82) is 0 Å². The van der Waals surface area contributed by atoms with Crippen LogP contribution in [0.25, 0.3) is 0 Å². The second-order valence-electron chi connectivity index (χ2n) is 6.41. The van der Waals surface area contributed by atoms with E-state index in [1.807, 2.05) is 18.2 Å². The third-order valence-corrected chi connectivity index (χ3v) is 5.87. The molecule has 0 bridgehead atoms. The molecule has 0 aromatic heterocycles. The highest BCUT2D eigenvalue weighted by Gasteiger charge is 2.31. The van der Waals surface area contributed by atoms with Gasteiger partial charge in [0, 0.05) is 28.7 Å². The molecule has 0 spiro atoms. The van der Waals surface area contributed by atoms with E-state index in [9.17, 15) is 4.55 Å². The fourth-order valence-corrected chi connectivity index (χ4v) is 4.76. The van der Waals surface area contributed by atoms with Crippen LogP contribution in [0.3, 0.4) is 0 Å². The normalized spacial score (nSPS) is 17.0. The van der Waals surface area contributed by atoms with Crippen LogP contribution in [0, 0.1) is 0 Å². The Hall–Kier alpha value is -1.25. The highest BCUT2D eigenvalue weighted by atomic mass is 32.2. The molecule has 0 amide bonds. The predicted octanol–water partition coefficient (Wildman–Crippen LogP) is 5.00. The monoisotopic (exact) mass is 298 g/mol. The third-order valence-electron chi connectivity index (χ3n) is 4.29. The first kappa shape index (κ1) is 14.7. The van der Waals surface area contributed by atoms with Gasteiger partial charge in [-0.3, -0.25) is 0 Å². The number of hydrogen-bond donors (Lipinski definition) is 0. The van der Waals surface area contributed by atoms with E-state index >= 15 is 0 Å². The topological polar surface area (TPSA) is 23.1 Å². The van der Waals surface area contributed by atoms with E-state index in [0.29, 0.717) is 11.8 Å². The summed E-state index contributed by atoms with van der Waals surface area (Å²) in [6.45, 7) is 8.96. The molecule has 1 nitrogen and oxygen atoms in total. The molecule has 1 heterocycles. The average Bonchev–Trinajstić information content (AvgIpc) is 2.46. The summed E-state index contributed by atoms with van der Waals surface area (Å²) in [4.78, 5) is 2.00. The van der Waals surface area contributed by atoms with Crippen LogP contribution in [-0.4, -0.2) is 4.55 Å². The third kappa shape index (κ3) is 2.41. The molecule has 0 N–H and O–H groups in total. The Kier molecular flexibility index (Phi) is 3.85. The lowest BCUT2D eigenvalue weighted by molar-refractivity contribution is 0.589. The SMILES string of the molecule is CC(C)c1ccc2c(c1C(C)C)Cc1ccccc1[S+]2[O-]. The zero-order valence-electron chi connectivity index (χ0n) is 13.1. The summed E-state index contributed by atoms with van der Waals surface area (Å²) in [5.74, 6) is 0.956. The van der Waals surface area contributed by atoms with Crippen molar-refractivity contribution < 1.29 is 4.55 Å².